The van der Waals surface area contributed by atoms with E-state index in [1.165, 1.54) is 7.11 Å². The maximum Gasteiger partial charge on any atom is 0.309 e. The van der Waals surface area contributed by atoms with Crippen molar-refractivity contribution >= 4 is 5.97 Å². The molecule has 2 aromatic carbocycles. The average Bonchev–Trinajstić information content (AvgIpc) is 3.02. The molecule has 0 spiro atoms. The Morgan fingerprint density at radius 1 is 1.00 bits per heavy atom. The van der Waals surface area contributed by atoms with Gasteiger partial charge in [-0.1, -0.05) is 12.1 Å². The number of esters is 1. The van der Waals surface area contributed by atoms with E-state index < -0.39 is 0 Å². The highest BCUT2D eigenvalue weighted by molar-refractivity contribution is 5.75. The third-order valence-electron chi connectivity index (χ3n) is 5.12. The van der Waals surface area contributed by atoms with Gasteiger partial charge in [-0.2, -0.15) is 0 Å². The molecule has 0 radical (unpaired) electrons. The predicted octanol–water partition coefficient (Wildman–Crippen LogP) is 2.75. The molecule has 0 aliphatic carbocycles. The molecule has 0 saturated carbocycles. The van der Waals surface area contributed by atoms with Crippen LogP contribution in [0.2, 0.25) is 0 Å². The first-order valence-corrected chi connectivity index (χ1v) is 9.05. The summed E-state index contributed by atoms with van der Waals surface area (Å²) in [5.41, 5.74) is 2.02. The lowest BCUT2D eigenvalue weighted by Crippen LogP contribution is -2.21. The summed E-state index contributed by atoms with van der Waals surface area (Å²) < 4.78 is 21.7. The molecule has 2 aliphatic heterocycles. The summed E-state index contributed by atoms with van der Waals surface area (Å²) in [6, 6.07) is 11.1. The number of hydrogen-bond acceptors (Lipinski definition) is 6. The molecular weight excluding hydrogens is 348 g/mol. The predicted molar refractivity (Wildman–Crippen MR) is 97.4 cm³/mol. The van der Waals surface area contributed by atoms with Gasteiger partial charge in [0.15, 0.2) is 23.0 Å². The Kier molecular flexibility index (Phi) is 4.79. The highest BCUT2D eigenvalue weighted by Crippen LogP contribution is 2.35. The van der Waals surface area contributed by atoms with Gasteiger partial charge in [-0.15, -0.1) is 0 Å². The summed E-state index contributed by atoms with van der Waals surface area (Å²) in [5.74, 6) is 1.68. The molecule has 2 atom stereocenters. The topological polar surface area (TPSA) is 74.2 Å². The molecule has 1 N–H and O–H groups in total. The largest absolute Gasteiger partial charge is 0.504 e. The second kappa shape index (κ2) is 7.39. The third kappa shape index (κ3) is 3.65. The second-order valence-electron chi connectivity index (χ2n) is 6.89. The number of aromatic hydroxyl groups is 1. The average molecular weight is 370 g/mol. The van der Waals surface area contributed by atoms with Crippen LogP contribution < -0.4 is 14.2 Å². The van der Waals surface area contributed by atoms with Crippen molar-refractivity contribution in [1.29, 1.82) is 0 Å². The minimum absolute atomic E-state index is 0.0832. The van der Waals surface area contributed by atoms with Crippen molar-refractivity contribution in [1.82, 2.24) is 0 Å². The molecule has 2 heterocycles. The zero-order valence-corrected chi connectivity index (χ0v) is 15.1. The maximum atomic E-state index is 12.3. The van der Waals surface area contributed by atoms with Gasteiger partial charge in [0.2, 0.25) is 0 Å². The number of carbonyl (C=O) groups excluding carboxylic acids is 1. The van der Waals surface area contributed by atoms with Crippen molar-refractivity contribution in [3.63, 3.8) is 0 Å². The van der Waals surface area contributed by atoms with Crippen molar-refractivity contribution in [2.75, 3.05) is 26.9 Å². The van der Waals surface area contributed by atoms with E-state index >= 15 is 0 Å². The first-order valence-electron chi connectivity index (χ1n) is 9.05. The molecule has 0 bridgehead atoms. The van der Waals surface area contributed by atoms with Crippen molar-refractivity contribution < 1.29 is 28.8 Å². The quantitative estimate of drug-likeness (QED) is 0.816. The van der Waals surface area contributed by atoms with E-state index in [2.05, 4.69) is 0 Å². The summed E-state index contributed by atoms with van der Waals surface area (Å²) >= 11 is 0. The summed E-state index contributed by atoms with van der Waals surface area (Å²) in [6.45, 7) is 1.52. The van der Waals surface area contributed by atoms with Crippen LogP contribution in [-0.4, -0.2) is 38.0 Å². The number of benzene rings is 2. The van der Waals surface area contributed by atoms with Crippen molar-refractivity contribution in [3.8, 4) is 23.0 Å². The number of phenols is 1. The van der Waals surface area contributed by atoms with E-state index in [0.29, 0.717) is 32.0 Å². The van der Waals surface area contributed by atoms with Gasteiger partial charge < -0.3 is 24.1 Å². The molecule has 142 valence electrons. The number of ether oxygens (including phenoxy) is 4. The Balaban J connectivity index is 1.50. The molecule has 4 rings (SSSR count). The lowest BCUT2D eigenvalue weighted by atomic mass is 9.85. The molecule has 2 aliphatic rings. The van der Waals surface area contributed by atoms with Crippen LogP contribution in [0.3, 0.4) is 0 Å². The summed E-state index contributed by atoms with van der Waals surface area (Å²) in [7, 11) is 1.51. The minimum Gasteiger partial charge on any atom is -0.504 e. The summed E-state index contributed by atoms with van der Waals surface area (Å²) in [5, 5.41) is 9.75. The number of phenolic OH excluding ortho intramolecular Hbond substituents is 1. The summed E-state index contributed by atoms with van der Waals surface area (Å²) in [4.78, 5) is 12.3. The summed E-state index contributed by atoms with van der Waals surface area (Å²) in [6.07, 6.45) is 1.27. The zero-order chi connectivity index (χ0) is 18.8. The van der Waals surface area contributed by atoms with Crippen LogP contribution >= 0.6 is 0 Å². The highest BCUT2D eigenvalue weighted by Gasteiger charge is 2.37. The second-order valence-corrected chi connectivity index (χ2v) is 6.89. The van der Waals surface area contributed by atoms with Gasteiger partial charge in [0.25, 0.3) is 0 Å². The molecule has 27 heavy (non-hydrogen) atoms. The molecule has 2 aromatic rings. The van der Waals surface area contributed by atoms with Gasteiger partial charge in [-0.25, -0.2) is 0 Å². The molecule has 1 fully saturated rings. The first kappa shape index (κ1) is 17.5. The van der Waals surface area contributed by atoms with Gasteiger partial charge in [0, 0.05) is 5.92 Å². The fraction of sp³-hybridized carbons (Fsp3) is 0.381. The smallest absolute Gasteiger partial charge is 0.309 e. The van der Waals surface area contributed by atoms with Gasteiger partial charge in [-0.05, 0) is 48.2 Å². The number of rotatable bonds is 5. The van der Waals surface area contributed by atoms with Crippen LogP contribution in [0.1, 0.15) is 11.1 Å². The fourth-order valence-electron chi connectivity index (χ4n) is 3.68. The Morgan fingerprint density at radius 3 is 2.56 bits per heavy atom. The standard InChI is InChI=1S/C21H22O6/c1-24-19-10-14(2-4-17(19)22)9-16-15(12-27-21(16)23)8-13-3-5-18-20(11-13)26-7-6-25-18/h2-5,10-11,15-16,22H,6-9,12H2,1H3. The van der Waals surface area contributed by atoms with Crippen molar-refractivity contribution in [3.05, 3.63) is 47.5 Å². The number of carbonyl (C=O) groups is 1. The molecule has 6 nitrogen and oxygen atoms in total. The first-order chi connectivity index (χ1) is 13.1. The lowest BCUT2D eigenvalue weighted by Gasteiger charge is -2.20. The number of cyclic esters (lactones) is 1. The van der Waals surface area contributed by atoms with Crippen molar-refractivity contribution in [2.45, 2.75) is 12.8 Å². The van der Waals surface area contributed by atoms with Crippen molar-refractivity contribution in [2.24, 2.45) is 11.8 Å². The fourth-order valence-corrected chi connectivity index (χ4v) is 3.68. The molecule has 1 saturated heterocycles. The van der Waals surface area contributed by atoms with Crippen LogP contribution in [-0.2, 0) is 22.4 Å². The molecule has 2 unspecified atom stereocenters. The van der Waals surface area contributed by atoms with E-state index in [1.807, 2.05) is 24.3 Å². The van der Waals surface area contributed by atoms with Gasteiger partial charge in [-0.3, -0.25) is 4.79 Å². The highest BCUT2D eigenvalue weighted by atomic mass is 16.6. The third-order valence-corrected chi connectivity index (χ3v) is 5.12. The van der Waals surface area contributed by atoms with E-state index in [0.717, 1.165) is 29.0 Å². The molecule has 0 aromatic heterocycles. The lowest BCUT2D eigenvalue weighted by molar-refractivity contribution is -0.141. The van der Waals surface area contributed by atoms with Crippen LogP contribution in [0.5, 0.6) is 23.0 Å². The molecular formula is C21H22O6. The normalized spacial score (nSPS) is 21.0. The number of hydrogen-bond donors (Lipinski definition) is 1. The van der Waals surface area contributed by atoms with E-state index in [1.54, 1.807) is 12.1 Å². The Bertz CT molecular complexity index is 847. The van der Waals surface area contributed by atoms with Gasteiger partial charge in [0.1, 0.15) is 13.2 Å². The minimum atomic E-state index is -0.229. The maximum absolute atomic E-state index is 12.3. The molecule has 6 heteroatoms. The number of methoxy groups -OCH3 is 1. The van der Waals surface area contributed by atoms with Crippen LogP contribution in [0.15, 0.2) is 36.4 Å². The zero-order valence-electron chi connectivity index (χ0n) is 15.1. The number of fused-ring (bicyclic) bond motifs is 1. The molecule has 0 amide bonds. The van der Waals surface area contributed by atoms with Crippen LogP contribution in [0, 0.1) is 11.8 Å². The van der Waals surface area contributed by atoms with E-state index in [4.69, 9.17) is 18.9 Å². The van der Waals surface area contributed by atoms with E-state index in [9.17, 15) is 9.90 Å². The Hall–Kier alpha value is -2.89. The monoisotopic (exact) mass is 370 g/mol. The Morgan fingerprint density at radius 2 is 1.74 bits per heavy atom. The van der Waals surface area contributed by atoms with Crippen LogP contribution in [0.4, 0.5) is 0 Å². The van der Waals surface area contributed by atoms with Gasteiger partial charge in [0.05, 0.1) is 19.6 Å². The van der Waals surface area contributed by atoms with Crippen LogP contribution in [0.25, 0.3) is 0 Å². The SMILES string of the molecule is COc1cc(CC2C(=O)OCC2Cc2ccc3c(c2)OCCO3)ccc1O. The Labute approximate surface area is 157 Å². The van der Waals surface area contributed by atoms with Gasteiger partial charge >= 0.3 is 5.97 Å². The van der Waals surface area contributed by atoms with E-state index in [-0.39, 0.29) is 23.6 Å².